The van der Waals surface area contributed by atoms with Gasteiger partial charge in [-0.05, 0) is 12.5 Å². The number of amides is 1. The molecule has 1 aliphatic rings. The molecule has 1 fully saturated rings. The first-order valence-corrected chi connectivity index (χ1v) is 5.97. The molecule has 0 saturated carbocycles. The van der Waals surface area contributed by atoms with E-state index in [1.165, 1.54) is 11.0 Å². The summed E-state index contributed by atoms with van der Waals surface area (Å²) < 4.78 is 13.5. The second-order valence-corrected chi connectivity index (χ2v) is 4.64. The molecule has 1 aliphatic heterocycles. The zero-order valence-electron chi connectivity index (χ0n) is 10.3. The minimum atomic E-state index is -0.471. The molecule has 0 aliphatic carbocycles. The van der Waals surface area contributed by atoms with Crippen LogP contribution in [0.15, 0.2) is 24.3 Å². The molecule has 2 N–H and O–H groups in total. The number of rotatable bonds is 3. The summed E-state index contributed by atoms with van der Waals surface area (Å²) >= 11 is 0. The normalized spacial score (nSPS) is 23.1. The van der Waals surface area contributed by atoms with Gasteiger partial charge in [0.15, 0.2) is 0 Å². The number of carbonyl (C=O) groups excluding carboxylic acids is 1. The van der Waals surface area contributed by atoms with Crippen molar-refractivity contribution in [2.24, 2.45) is 0 Å². The molecule has 0 bridgehead atoms. The molecule has 1 heterocycles. The van der Waals surface area contributed by atoms with Gasteiger partial charge < -0.3 is 15.3 Å². The molecule has 98 valence electrons. The number of carbonyl (C=O) groups is 1. The van der Waals surface area contributed by atoms with Crippen molar-refractivity contribution in [1.29, 1.82) is 0 Å². The number of aliphatic hydroxyl groups is 1. The van der Waals surface area contributed by atoms with Crippen LogP contribution in [0.5, 0.6) is 0 Å². The van der Waals surface area contributed by atoms with Crippen molar-refractivity contribution >= 4 is 5.91 Å². The maximum Gasteiger partial charge on any atom is 0.239 e. The van der Waals surface area contributed by atoms with Crippen molar-refractivity contribution in [3.05, 3.63) is 35.6 Å². The highest BCUT2D eigenvalue weighted by Gasteiger charge is 2.30. The van der Waals surface area contributed by atoms with Gasteiger partial charge in [0, 0.05) is 25.7 Å². The van der Waals surface area contributed by atoms with E-state index in [-0.39, 0.29) is 24.3 Å². The summed E-state index contributed by atoms with van der Waals surface area (Å²) in [5, 5.41) is 12.3. The Kier molecular flexibility index (Phi) is 3.93. The second kappa shape index (κ2) is 5.46. The molecule has 0 aromatic heterocycles. The van der Waals surface area contributed by atoms with Crippen LogP contribution in [0.3, 0.4) is 0 Å². The summed E-state index contributed by atoms with van der Waals surface area (Å²) in [6, 6.07) is 6.04. The first-order valence-electron chi connectivity index (χ1n) is 5.97. The number of likely N-dealkylation sites (N-methyl/N-ethyl adjacent to an activating group) is 1. The molecular weight excluding hydrogens is 235 g/mol. The molecule has 1 saturated heterocycles. The molecule has 1 amide bonds. The van der Waals surface area contributed by atoms with Crippen LogP contribution in [-0.4, -0.2) is 41.7 Å². The summed E-state index contributed by atoms with van der Waals surface area (Å²) in [6.07, 6.45) is -0.0544. The highest BCUT2D eigenvalue weighted by atomic mass is 19.1. The Hall–Kier alpha value is -1.46. The number of aliphatic hydroxyl groups excluding tert-OH is 1. The van der Waals surface area contributed by atoms with E-state index in [9.17, 15) is 14.3 Å². The zero-order valence-corrected chi connectivity index (χ0v) is 10.3. The van der Waals surface area contributed by atoms with E-state index in [2.05, 4.69) is 5.32 Å². The van der Waals surface area contributed by atoms with Gasteiger partial charge in [-0.3, -0.25) is 4.79 Å². The number of nitrogens with zero attached hydrogens (tertiary/aromatic N) is 1. The summed E-state index contributed by atoms with van der Waals surface area (Å²) in [6.45, 7) is 0.670. The van der Waals surface area contributed by atoms with Crippen LogP contribution >= 0.6 is 0 Å². The lowest BCUT2D eigenvalue weighted by Gasteiger charge is -2.21. The van der Waals surface area contributed by atoms with E-state index in [4.69, 9.17) is 0 Å². The topological polar surface area (TPSA) is 52.6 Å². The van der Waals surface area contributed by atoms with E-state index in [1.54, 1.807) is 25.2 Å². The number of benzene rings is 1. The molecule has 2 rings (SSSR count). The Bertz CT molecular complexity index is 439. The quantitative estimate of drug-likeness (QED) is 0.824. The lowest BCUT2D eigenvalue weighted by Crippen LogP contribution is -2.41. The van der Waals surface area contributed by atoms with Crippen LogP contribution in [0.25, 0.3) is 0 Å². The lowest BCUT2D eigenvalue weighted by atomic mass is 10.1. The third kappa shape index (κ3) is 2.86. The zero-order chi connectivity index (χ0) is 13.1. The van der Waals surface area contributed by atoms with Crippen molar-refractivity contribution in [2.75, 3.05) is 13.6 Å². The summed E-state index contributed by atoms with van der Waals surface area (Å²) in [7, 11) is 1.64. The van der Waals surface area contributed by atoms with Crippen molar-refractivity contribution < 1.29 is 14.3 Å². The number of nitrogens with one attached hydrogen (secondary N) is 1. The maximum atomic E-state index is 13.5. The second-order valence-electron chi connectivity index (χ2n) is 4.64. The first kappa shape index (κ1) is 13.0. The molecule has 1 aromatic carbocycles. The summed E-state index contributed by atoms with van der Waals surface area (Å²) in [4.78, 5) is 13.5. The fraction of sp³-hybridized carbons (Fsp3) is 0.462. The van der Waals surface area contributed by atoms with Gasteiger partial charge in [0.2, 0.25) is 5.91 Å². The number of halogens is 1. The average molecular weight is 252 g/mol. The van der Waals surface area contributed by atoms with Crippen LogP contribution in [-0.2, 0) is 11.3 Å². The van der Waals surface area contributed by atoms with Crippen LogP contribution in [0, 0.1) is 5.82 Å². The molecule has 2 unspecified atom stereocenters. The monoisotopic (exact) mass is 252 g/mol. The lowest BCUT2D eigenvalue weighted by molar-refractivity contribution is -0.132. The highest BCUT2D eigenvalue weighted by molar-refractivity contribution is 5.82. The molecule has 4 nitrogen and oxygen atoms in total. The largest absolute Gasteiger partial charge is 0.392 e. The highest BCUT2D eigenvalue weighted by Crippen LogP contribution is 2.13. The average Bonchev–Trinajstić information content (AvgIpc) is 2.78. The predicted octanol–water partition coefficient (Wildman–Crippen LogP) is 0.507. The number of hydrogen-bond donors (Lipinski definition) is 2. The van der Waals surface area contributed by atoms with Gasteiger partial charge in [0.05, 0.1) is 12.1 Å². The minimum Gasteiger partial charge on any atom is -0.392 e. The van der Waals surface area contributed by atoms with Gasteiger partial charge in [-0.25, -0.2) is 4.39 Å². The van der Waals surface area contributed by atoms with Gasteiger partial charge >= 0.3 is 0 Å². The standard InChI is InChI=1S/C13H17FN2O2/c1-16(8-9-4-2-3-5-11(9)14)13(18)12-6-10(17)7-15-12/h2-5,10,12,15,17H,6-8H2,1H3. The Balaban J connectivity index is 1.98. The summed E-state index contributed by atoms with van der Waals surface area (Å²) in [5.74, 6) is -0.425. The molecular formula is C13H17FN2O2. The van der Waals surface area contributed by atoms with E-state index in [0.717, 1.165) is 0 Å². The van der Waals surface area contributed by atoms with Crippen LogP contribution in [0.2, 0.25) is 0 Å². The molecule has 5 heteroatoms. The molecule has 2 atom stereocenters. The van der Waals surface area contributed by atoms with Crippen molar-refractivity contribution in [1.82, 2.24) is 10.2 Å². The molecule has 0 spiro atoms. The molecule has 0 radical (unpaired) electrons. The van der Waals surface area contributed by atoms with E-state index in [1.807, 2.05) is 0 Å². The smallest absolute Gasteiger partial charge is 0.239 e. The van der Waals surface area contributed by atoms with Crippen LogP contribution in [0.1, 0.15) is 12.0 Å². The Morgan fingerprint density at radius 1 is 1.56 bits per heavy atom. The van der Waals surface area contributed by atoms with Crippen LogP contribution in [0.4, 0.5) is 4.39 Å². The number of hydrogen-bond acceptors (Lipinski definition) is 3. The minimum absolute atomic E-state index is 0.116. The molecule has 18 heavy (non-hydrogen) atoms. The van der Waals surface area contributed by atoms with Crippen LogP contribution < -0.4 is 5.32 Å². The van der Waals surface area contributed by atoms with Crippen molar-refractivity contribution in [3.8, 4) is 0 Å². The number of β-amino-alcohol motifs (C(OH)–C–C–N with tert-alkyl or cyclic N) is 1. The van der Waals surface area contributed by atoms with Crippen molar-refractivity contribution in [3.63, 3.8) is 0 Å². The van der Waals surface area contributed by atoms with Gasteiger partial charge in [0.1, 0.15) is 5.82 Å². The first-order chi connectivity index (χ1) is 8.58. The van der Waals surface area contributed by atoms with E-state index < -0.39 is 6.10 Å². The van der Waals surface area contributed by atoms with E-state index in [0.29, 0.717) is 18.5 Å². The fourth-order valence-electron chi connectivity index (χ4n) is 2.13. The predicted molar refractivity (Wildman–Crippen MR) is 65.3 cm³/mol. The van der Waals surface area contributed by atoms with Gasteiger partial charge in [0.25, 0.3) is 0 Å². The van der Waals surface area contributed by atoms with Gasteiger partial charge in [-0.15, -0.1) is 0 Å². The SMILES string of the molecule is CN(Cc1ccccc1F)C(=O)C1CC(O)CN1. The fourth-order valence-corrected chi connectivity index (χ4v) is 2.13. The van der Waals surface area contributed by atoms with Gasteiger partial charge in [-0.1, -0.05) is 18.2 Å². The maximum absolute atomic E-state index is 13.5. The Labute approximate surface area is 105 Å². The third-order valence-corrected chi connectivity index (χ3v) is 3.15. The van der Waals surface area contributed by atoms with Gasteiger partial charge in [-0.2, -0.15) is 0 Å². The van der Waals surface area contributed by atoms with E-state index >= 15 is 0 Å². The Morgan fingerprint density at radius 2 is 2.28 bits per heavy atom. The molecule has 1 aromatic rings. The van der Waals surface area contributed by atoms with Crippen molar-refractivity contribution in [2.45, 2.75) is 25.1 Å². The summed E-state index contributed by atoms with van der Waals surface area (Å²) in [5.41, 5.74) is 0.492. The third-order valence-electron chi connectivity index (χ3n) is 3.15. The Morgan fingerprint density at radius 3 is 2.89 bits per heavy atom.